The quantitative estimate of drug-likeness (QED) is 0.725. The van der Waals surface area contributed by atoms with Crippen LogP contribution in [0, 0.1) is 11.3 Å². The number of halogens is 2. The Morgan fingerprint density at radius 1 is 1.22 bits per heavy atom. The summed E-state index contributed by atoms with van der Waals surface area (Å²) in [5.41, 5.74) is 1.01. The number of hydrogen-bond acceptors (Lipinski definition) is 3. The first kappa shape index (κ1) is 14.4. The number of nitrogens with one attached hydrogen (secondary N) is 1. The number of unbranched alkanes of at least 4 members (excludes halogenated alkanes) is 2. The predicted molar refractivity (Wildman–Crippen MR) is 64.2 cm³/mol. The molecular formula is C13H16F2N2O. The van der Waals surface area contributed by atoms with E-state index < -0.39 is 6.61 Å². The minimum Gasteiger partial charge on any atom is -0.435 e. The molecule has 0 heterocycles. The van der Waals surface area contributed by atoms with E-state index in [1.165, 1.54) is 12.1 Å². The molecule has 0 spiro atoms. The molecule has 0 aliphatic rings. The van der Waals surface area contributed by atoms with E-state index in [9.17, 15) is 8.78 Å². The third kappa shape index (κ3) is 6.16. The molecule has 0 aromatic heterocycles. The van der Waals surface area contributed by atoms with Gasteiger partial charge in [0.2, 0.25) is 0 Å². The monoisotopic (exact) mass is 254 g/mol. The third-order valence-corrected chi connectivity index (χ3v) is 2.37. The standard InChI is InChI=1S/C13H16F2N2O/c14-13(15)18-12-6-4-11(5-7-12)10-17-9-3-1-2-8-16/h4-7,13,17H,1-3,9-10H2. The topological polar surface area (TPSA) is 45.0 Å². The summed E-state index contributed by atoms with van der Waals surface area (Å²) in [5.74, 6) is 0.169. The van der Waals surface area contributed by atoms with Crippen molar-refractivity contribution >= 4 is 0 Å². The van der Waals surface area contributed by atoms with Gasteiger partial charge in [-0.25, -0.2) is 0 Å². The van der Waals surface area contributed by atoms with Crippen LogP contribution in [-0.2, 0) is 6.54 Å². The first-order valence-electron chi connectivity index (χ1n) is 5.84. The van der Waals surface area contributed by atoms with Crippen molar-refractivity contribution < 1.29 is 13.5 Å². The maximum Gasteiger partial charge on any atom is 0.387 e. The highest BCUT2D eigenvalue weighted by molar-refractivity contribution is 5.27. The van der Waals surface area contributed by atoms with Crippen LogP contribution in [0.3, 0.4) is 0 Å². The molecule has 1 rings (SSSR count). The lowest BCUT2D eigenvalue weighted by Gasteiger charge is -2.06. The lowest BCUT2D eigenvalue weighted by Crippen LogP contribution is -2.14. The second-order valence-corrected chi connectivity index (χ2v) is 3.81. The van der Waals surface area contributed by atoms with Gasteiger partial charge >= 0.3 is 6.61 Å². The van der Waals surface area contributed by atoms with Gasteiger partial charge in [-0.2, -0.15) is 14.0 Å². The summed E-state index contributed by atoms with van der Waals surface area (Å²) in [6.45, 7) is -1.26. The van der Waals surface area contributed by atoms with E-state index in [0.717, 1.165) is 24.9 Å². The van der Waals surface area contributed by atoms with Crippen molar-refractivity contribution in [3.05, 3.63) is 29.8 Å². The van der Waals surface area contributed by atoms with Crippen LogP contribution < -0.4 is 10.1 Å². The van der Waals surface area contributed by atoms with Crippen LogP contribution in [0.5, 0.6) is 5.75 Å². The predicted octanol–water partition coefficient (Wildman–Crippen LogP) is 3.07. The summed E-state index contributed by atoms with van der Waals surface area (Å²) in [6, 6.07) is 8.65. The fraction of sp³-hybridized carbons (Fsp3) is 0.462. The van der Waals surface area contributed by atoms with Gasteiger partial charge in [-0.1, -0.05) is 12.1 Å². The van der Waals surface area contributed by atoms with Gasteiger partial charge in [0, 0.05) is 13.0 Å². The lowest BCUT2D eigenvalue weighted by molar-refractivity contribution is -0.0498. The van der Waals surface area contributed by atoms with E-state index in [-0.39, 0.29) is 5.75 Å². The van der Waals surface area contributed by atoms with E-state index in [1.807, 2.05) is 0 Å². The molecule has 0 fully saturated rings. The Balaban J connectivity index is 2.21. The molecule has 0 atom stereocenters. The molecule has 1 aromatic carbocycles. The maximum atomic E-state index is 11.9. The van der Waals surface area contributed by atoms with Gasteiger partial charge in [0.1, 0.15) is 5.75 Å². The SMILES string of the molecule is N#CCCCCNCc1ccc(OC(F)F)cc1. The van der Waals surface area contributed by atoms with Crippen LogP contribution in [0.2, 0.25) is 0 Å². The number of benzene rings is 1. The van der Waals surface area contributed by atoms with Crippen molar-refractivity contribution in [3.63, 3.8) is 0 Å². The molecule has 0 saturated heterocycles. The van der Waals surface area contributed by atoms with Crippen LogP contribution in [0.1, 0.15) is 24.8 Å². The Morgan fingerprint density at radius 2 is 1.94 bits per heavy atom. The zero-order chi connectivity index (χ0) is 13.2. The van der Waals surface area contributed by atoms with Crippen LogP contribution in [0.4, 0.5) is 8.78 Å². The average Bonchev–Trinajstić information content (AvgIpc) is 2.35. The van der Waals surface area contributed by atoms with E-state index in [1.54, 1.807) is 12.1 Å². The smallest absolute Gasteiger partial charge is 0.387 e. The first-order valence-corrected chi connectivity index (χ1v) is 5.84. The Hall–Kier alpha value is -1.67. The molecule has 0 radical (unpaired) electrons. The molecule has 0 aliphatic heterocycles. The van der Waals surface area contributed by atoms with Crippen molar-refractivity contribution in [1.82, 2.24) is 5.32 Å². The fourth-order valence-electron chi connectivity index (χ4n) is 1.48. The summed E-state index contributed by atoms with van der Waals surface area (Å²) in [7, 11) is 0. The molecule has 3 nitrogen and oxygen atoms in total. The van der Waals surface area contributed by atoms with E-state index >= 15 is 0 Å². The molecule has 98 valence electrons. The molecule has 0 unspecified atom stereocenters. The van der Waals surface area contributed by atoms with Crippen molar-refractivity contribution in [3.8, 4) is 11.8 Å². The van der Waals surface area contributed by atoms with Crippen LogP contribution >= 0.6 is 0 Å². The van der Waals surface area contributed by atoms with Gasteiger partial charge in [0.15, 0.2) is 0 Å². The second kappa shape index (κ2) is 8.43. The van der Waals surface area contributed by atoms with E-state index in [0.29, 0.717) is 13.0 Å². The number of ether oxygens (including phenoxy) is 1. The zero-order valence-electron chi connectivity index (χ0n) is 10.0. The molecule has 0 aliphatic carbocycles. The van der Waals surface area contributed by atoms with E-state index in [4.69, 9.17) is 5.26 Å². The van der Waals surface area contributed by atoms with Gasteiger partial charge in [-0.05, 0) is 37.1 Å². The highest BCUT2D eigenvalue weighted by Gasteiger charge is 2.03. The van der Waals surface area contributed by atoms with Crippen molar-refractivity contribution in [2.24, 2.45) is 0 Å². The largest absolute Gasteiger partial charge is 0.435 e. The molecule has 0 saturated carbocycles. The molecular weight excluding hydrogens is 238 g/mol. The van der Waals surface area contributed by atoms with Crippen molar-refractivity contribution in [1.29, 1.82) is 5.26 Å². The maximum absolute atomic E-state index is 11.9. The molecule has 0 amide bonds. The van der Waals surface area contributed by atoms with Crippen LogP contribution in [-0.4, -0.2) is 13.2 Å². The molecule has 0 bridgehead atoms. The summed E-state index contributed by atoms with van der Waals surface area (Å²) in [5, 5.41) is 11.6. The normalized spacial score (nSPS) is 10.3. The number of nitriles is 1. The van der Waals surface area contributed by atoms with Gasteiger partial charge in [-0.15, -0.1) is 0 Å². The molecule has 1 N–H and O–H groups in total. The first-order chi connectivity index (χ1) is 8.72. The Labute approximate surface area is 105 Å². The molecule has 1 aromatic rings. The number of rotatable bonds is 8. The Kier molecular flexibility index (Phi) is 6.74. The van der Waals surface area contributed by atoms with Crippen molar-refractivity contribution in [2.75, 3.05) is 6.54 Å². The van der Waals surface area contributed by atoms with Gasteiger partial charge in [0.05, 0.1) is 6.07 Å². The van der Waals surface area contributed by atoms with Gasteiger partial charge < -0.3 is 10.1 Å². The average molecular weight is 254 g/mol. The number of nitrogens with zero attached hydrogens (tertiary/aromatic N) is 1. The van der Waals surface area contributed by atoms with Crippen LogP contribution in [0.25, 0.3) is 0 Å². The van der Waals surface area contributed by atoms with E-state index in [2.05, 4.69) is 16.1 Å². The lowest BCUT2D eigenvalue weighted by atomic mass is 10.2. The summed E-state index contributed by atoms with van der Waals surface area (Å²) >= 11 is 0. The Bertz CT molecular complexity index is 374. The minimum absolute atomic E-state index is 0.169. The highest BCUT2D eigenvalue weighted by Crippen LogP contribution is 2.14. The second-order valence-electron chi connectivity index (χ2n) is 3.81. The number of alkyl halides is 2. The third-order valence-electron chi connectivity index (χ3n) is 2.37. The molecule has 5 heteroatoms. The van der Waals surface area contributed by atoms with Crippen molar-refractivity contribution in [2.45, 2.75) is 32.4 Å². The van der Waals surface area contributed by atoms with Gasteiger partial charge in [0.25, 0.3) is 0 Å². The number of hydrogen-bond donors (Lipinski definition) is 1. The molecule has 18 heavy (non-hydrogen) atoms. The summed E-state index contributed by atoms with van der Waals surface area (Å²) < 4.78 is 28.1. The Morgan fingerprint density at radius 3 is 2.56 bits per heavy atom. The summed E-state index contributed by atoms with van der Waals surface area (Å²) in [4.78, 5) is 0. The minimum atomic E-state index is -2.78. The zero-order valence-corrected chi connectivity index (χ0v) is 10.0. The summed E-state index contributed by atoms with van der Waals surface area (Å²) in [6.07, 6.45) is 2.44. The highest BCUT2D eigenvalue weighted by atomic mass is 19.3. The fourth-order valence-corrected chi connectivity index (χ4v) is 1.48. The van der Waals surface area contributed by atoms with Crippen LogP contribution in [0.15, 0.2) is 24.3 Å². The van der Waals surface area contributed by atoms with Gasteiger partial charge in [-0.3, -0.25) is 0 Å².